The maximum atomic E-state index is 11.8. The van der Waals surface area contributed by atoms with Crippen molar-refractivity contribution in [2.75, 3.05) is 0 Å². The summed E-state index contributed by atoms with van der Waals surface area (Å²) in [4.78, 5) is 11.8. The molecule has 0 radical (unpaired) electrons. The number of Topliss-reactive ketones (excluding diaryl/α,β-unsaturated/α-hetero) is 1. The summed E-state index contributed by atoms with van der Waals surface area (Å²) in [6, 6.07) is 7.57. The second-order valence-electron chi connectivity index (χ2n) is 4.09. The lowest BCUT2D eigenvalue weighted by Crippen LogP contribution is -2.15. The minimum absolute atomic E-state index is 0.112. The van der Waals surface area contributed by atoms with Gasteiger partial charge in [-0.15, -0.1) is 11.8 Å². The monoisotopic (exact) mass is 248 g/mol. The van der Waals surface area contributed by atoms with Gasteiger partial charge in [-0.05, 0) is 24.3 Å². The Morgan fingerprint density at radius 3 is 1.94 bits per heavy atom. The lowest BCUT2D eigenvalue weighted by molar-refractivity contribution is -0.119. The summed E-state index contributed by atoms with van der Waals surface area (Å²) in [5.41, 5.74) is 0. The molecular formula is C13H12O3S. The van der Waals surface area contributed by atoms with Crippen LogP contribution in [-0.4, -0.2) is 5.78 Å². The van der Waals surface area contributed by atoms with Crippen molar-refractivity contribution in [3.63, 3.8) is 0 Å². The molecule has 3 nitrogen and oxygen atoms in total. The molecule has 3 rings (SSSR count). The molecule has 0 aromatic carbocycles. The Morgan fingerprint density at radius 1 is 1.00 bits per heavy atom. The van der Waals surface area contributed by atoms with Gasteiger partial charge >= 0.3 is 0 Å². The van der Waals surface area contributed by atoms with Crippen LogP contribution in [0.25, 0.3) is 0 Å². The molecule has 2 atom stereocenters. The highest BCUT2D eigenvalue weighted by atomic mass is 32.2. The Hall–Kier alpha value is -1.42. The lowest BCUT2D eigenvalue weighted by atomic mass is 10.1. The van der Waals surface area contributed by atoms with E-state index in [1.807, 2.05) is 24.3 Å². The molecule has 2 aromatic rings. The lowest BCUT2D eigenvalue weighted by Gasteiger charge is -2.25. The van der Waals surface area contributed by atoms with Crippen LogP contribution in [0, 0.1) is 0 Å². The number of hydrogen-bond donors (Lipinski definition) is 0. The van der Waals surface area contributed by atoms with Crippen molar-refractivity contribution in [3.8, 4) is 0 Å². The molecule has 0 amide bonds. The Kier molecular flexibility index (Phi) is 2.81. The van der Waals surface area contributed by atoms with E-state index in [9.17, 15) is 4.79 Å². The smallest absolute Gasteiger partial charge is 0.136 e. The van der Waals surface area contributed by atoms with E-state index in [1.165, 1.54) is 0 Å². The summed E-state index contributed by atoms with van der Waals surface area (Å²) < 4.78 is 10.8. The van der Waals surface area contributed by atoms with E-state index in [2.05, 4.69) is 0 Å². The van der Waals surface area contributed by atoms with E-state index in [1.54, 1.807) is 24.3 Å². The Labute approximate surface area is 103 Å². The zero-order valence-corrected chi connectivity index (χ0v) is 9.98. The van der Waals surface area contributed by atoms with Crippen LogP contribution in [0.4, 0.5) is 0 Å². The second-order valence-corrected chi connectivity index (χ2v) is 5.50. The molecule has 1 saturated heterocycles. The average Bonchev–Trinajstić information content (AvgIpc) is 3.02. The third kappa shape index (κ3) is 2.17. The van der Waals surface area contributed by atoms with Crippen LogP contribution in [-0.2, 0) is 4.79 Å². The number of furan rings is 2. The SMILES string of the molecule is O=C1CC(c2ccco2)SC(c2ccco2)C1. The standard InChI is InChI=1S/C13H12O3S/c14-9-7-12(10-3-1-5-15-10)17-13(8-9)11-4-2-6-16-11/h1-6,12-13H,7-8H2. The first-order valence-electron chi connectivity index (χ1n) is 5.57. The largest absolute Gasteiger partial charge is 0.468 e. The third-order valence-electron chi connectivity index (χ3n) is 2.88. The van der Waals surface area contributed by atoms with E-state index < -0.39 is 0 Å². The fourth-order valence-electron chi connectivity index (χ4n) is 2.08. The van der Waals surface area contributed by atoms with E-state index in [0.29, 0.717) is 12.8 Å². The summed E-state index contributed by atoms with van der Waals surface area (Å²) in [5, 5.41) is 0.225. The Morgan fingerprint density at radius 2 is 1.53 bits per heavy atom. The normalized spacial score (nSPS) is 25.1. The topological polar surface area (TPSA) is 43.4 Å². The van der Waals surface area contributed by atoms with Gasteiger partial charge in [0.15, 0.2) is 0 Å². The molecule has 88 valence electrons. The maximum absolute atomic E-state index is 11.8. The fourth-order valence-corrected chi connectivity index (χ4v) is 3.57. The van der Waals surface area contributed by atoms with Crippen molar-refractivity contribution in [1.29, 1.82) is 0 Å². The van der Waals surface area contributed by atoms with Gasteiger partial charge in [0.1, 0.15) is 17.3 Å². The minimum atomic E-state index is 0.112. The van der Waals surface area contributed by atoms with Gasteiger partial charge in [-0.25, -0.2) is 0 Å². The van der Waals surface area contributed by atoms with E-state index in [-0.39, 0.29) is 16.3 Å². The third-order valence-corrected chi connectivity index (χ3v) is 4.33. The van der Waals surface area contributed by atoms with Gasteiger partial charge in [0.25, 0.3) is 0 Å². The fraction of sp³-hybridized carbons (Fsp3) is 0.308. The molecule has 1 aliphatic heterocycles. The molecule has 0 aliphatic carbocycles. The summed E-state index contributed by atoms with van der Waals surface area (Å²) in [6.07, 6.45) is 4.40. The van der Waals surface area contributed by atoms with Gasteiger partial charge in [0.2, 0.25) is 0 Å². The van der Waals surface area contributed by atoms with Crippen LogP contribution in [0.15, 0.2) is 45.6 Å². The molecule has 3 heterocycles. The number of carbonyl (C=O) groups is 1. The summed E-state index contributed by atoms with van der Waals surface area (Å²) in [7, 11) is 0. The highest BCUT2D eigenvalue weighted by Crippen LogP contribution is 2.48. The van der Waals surface area contributed by atoms with Crippen molar-refractivity contribution < 1.29 is 13.6 Å². The minimum Gasteiger partial charge on any atom is -0.468 e. The van der Waals surface area contributed by atoms with E-state index in [4.69, 9.17) is 8.83 Å². The first kappa shape index (κ1) is 10.7. The number of hydrogen-bond acceptors (Lipinski definition) is 4. The molecule has 1 fully saturated rings. The van der Waals surface area contributed by atoms with Crippen molar-refractivity contribution in [2.24, 2.45) is 0 Å². The molecule has 17 heavy (non-hydrogen) atoms. The quantitative estimate of drug-likeness (QED) is 0.811. The molecule has 0 spiro atoms. The molecule has 0 saturated carbocycles. The first-order valence-corrected chi connectivity index (χ1v) is 6.51. The van der Waals surface area contributed by atoms with Gasteiger partial charge in [-0.3, -0.25) is 4.79 Å². The van der Waals surface area contributed by atoms with Crippen molar-refractivity contribution >= 4 is 17.5 Å². The van der Waals surface area contributed by atoms with Crippen LogP contribution in [0.5, 0.6) is 0 Å². The number of carbonyl (C=O) groups excluding carboxylic acids is 1. The molecule has 0 N–H and O–H groups in total. The number of rotatable bonds is 2. The van der Waals surface area contributed by atoms with Crippen molar-refractivity contribution in [3.05, 3.63) is 48.3 Å². The van der Waals surface area contributed by atoms with Crippen LogP contribution in [0.1, 0.15) is 34.9 Å². The highest BCUT2D eigenvalue weighted by Gasteiger charge is 2.32. The first-order chi connectivity index (χ1) is 8.33. The predicted octanol–water partition coefficient (Wildman–Crippen LogP) is 3.75. The van der Waals surface area contributed by atoms with Crippen molar-refractivity contribution in [1.82, 2.24) is 0 Å². The van der Waals surface area contributed by atoms with Crippen LogP contribution in [0.2, 0.25) is 0 Å². The van der Waals surface area contributed by atoms with E-state index in [0.717, 1.165) is 11.5 Å². The van der Waals surface area contributed by atoms with Gasteiger partial charge in [0.05, 0.1) is 23.0 Å². The number of ketones is 1. The molecular weight excluding hydrogens is 236 g/mol. The van der Waals surface area contributed by atoms with Crippen molar-refractivity contribution in [2.45, 2.75) is 23.3 Å². The summed E-state index contributed by atoms with van der Waals surface area (Å²) in [6.45, 7) is 0. The molecule has 2 unspecified atom stereocenters. The summed E-state index contributed by atoms with van der Waals surface area (Å²) >= 11 is 1.74. The van der Waals surface area contributed by atoms with Crippen LogP contribution < -0.4 is 0 Å². The van der Waals surface area contributed by atoms with Crippen LogP contribution in [0.3, 0.4) is 0 Å². The Bertz CT molecular complexity index is 442. The van der Waals surface area contributed by atoms with Gasteiger partial charge in [-0.2, -0.15) is 0 Å². The van der Waals surface area contributed by atoms with Crippen LogP contribution >= 0.6 is 11.8 Å². The highest BCUT2D eigenvalue weighted by molar-refractivity contribution is 7.99. The van der Waals surface area contributed by atoms with Gasteiger partial charge < -0.3 is 8.83 Å². The van der Waals surface area contributed by atoms with E-state index >= 15 is 0 Å². The molecule has 4 heteroatoms. The molecule has 0 bridgehead atoms. The van der Waals surface area contributed by atoms with Gasteiger partial charge in [-0.1, -0.05) is 0 Å². The molecule has 2 aromatic heterocycles. The second kappa shape index (κ2) is 4.45. The predicted molar refractivity (Wildman–Crippen MR) is 64.7 cm³/mol. The maximum Gasteiger partial charge on any atom is 0.136 e. The zero-order valence-electron chi connectivity index (χ0n) is 9.17. The number of thioether (sulfide) groups is 1. The summed E-state index contributed by atoms with van der Waals surface area (Å²) in [5.74, 6) is 2.02. The van der Waals surface area contributed by atoms with Gasteiger partial charge in [0, 0.05) is 12.8 Å². The average molecular weight is 248 g/mol. The Balaban J connectivity index is 1.82. The zero-order chi connectivity index (χ0) is 11.7. The molecule has 1 aliphatic rings.